The highest BCUT2D eigenvalue weighted by Crippen LogP contribution is 2.30. The van der Waals surface area contributed by atoms with E-state index < -0.39 is 0 Å². The van der Waals surface area contributed by atoms with Gasteiger partial charge in [-0.2, -0.15) is 0 Å². The number of halogens is 1. The third-order valence-corrected chi connectivity index (χ3v) is 5.88. The first kappa shape index (κ1) is 18.8. The molecule has 0 spiro atoms. The number of amides is 2. The number of anilines is 2. The Kier molecular flexibility index (Phi) is 5.53. The van der Waals surface area contributed by atoms with E-state index in [2.05, 4.69) is 10.2 Å². The molecule has 2 fully saturated rings. The monoisotopic (exact) mass is 397 g/mol. The molecule has 0 saturated carbocycles. The molecule has 0 bridgehead atoms. The van der Waals surface area contributed by atoms with Crippen LogP contribution in [0, 0.1) is 5.92 Å². The molecular formula is C22H24ClN3O2. The summed E-state index contributed by atoms with van der Waals surface area (Å²) in [6, 6.07) is 15.4. The minimum atomic E-state index is -0.346. The molecule has 6 heteroatoms. The minimum absolute atomic E-state index is 0.00658. The first-order valence-corrected chi connectivity index (χ1v) is 10.2. The van der Waals surface area contributed by atoms with Gasteiger partial charge in [-0.25, -0.2) is 0 Å². The maximum absolute atomic E-state index is 12.9. The summed E-state index contributed by atoms with van der Waals surface area (Å²) in [5.74, 6) is -0.448. The number of benzene rings is 2. The largest absolute Gasteiger partial charge is 0.370 e. The second-order valence-corrected chi connectivity index (χ2v) is 7.87. The zero-order valence-corrected chi connectivity index (χ0v) is 16.5. The third-order valence-electron chi connectivity index (χ3n) is 5.51. The topological polar surface area (TPSA) is 52.7 Å². The van der Waals surface area contributed by atoms with E-state index in [0.29, 0.717) is 18.1 Å². The number of rotatable bonds is 5. The third kappa shape index (κ3) is 3.99. The summed E-state index contributed by atoms with van der Waals surface area (Å²) >= 11 is 6.21. The van der Waals surface area contributed by atoms with Crippen molar-refractivity contribution in [3.05, 3.63) is 59.1 Å². The molecule has 1 N–H and O–H groups in total. The van der Waals surface area contributed by atoms with Crippen LogP contribution in [0.25, 0.3) is 0 Å². The number of carbonyl (C=O) groups is 2. The quantitative estimate of drug-likeness (QED) is 0.831. The zero-order valence-electron chi connectivity index (χ0n) is 15.7. The van der Waals surface area contributed by atoms with Crippen LogP contribution >= 0.6 is 11.6 Å². The summed E-state index contributed by atoms with van der Waals surface area (Å²) in [7, 11) is 0. The molecule has 2 heterocycles. The molecule has 0 radical (unpaired) electrons. The van der Waals surface area contributed by atoms with Gasteiger partial charge in [-0.15, -0.1) is 0 Å². The number of hydrogen-bond acceptors (Lipinski definition) is 3. The Labute approximate surface area is 170 Å². The second-order valence-electron chi connectivity index (χ2n) is 7.47. The summed E-state index contributed by atoms with van der Waals surface area (Å²) in [5.41, 5.74) is 2.79. The summed E-state index contributed by atoms with van der Waals surface area (Å²) in [4.78, 5) is 29.3. The molecule has 4 rings (SSSR count). The Morgan fingerprint density at radius 2 is 1.79 bits per heavy atom. The van der Waals surface area contributed by atoms with Crippen molar-refractivity contribution in [1.29, 1.82) is 0 Å². The Morgan fingerprint density at radius 1 is 1.07 bits per heavy atom. The number of nitrogens with zero attached hydrogens (tertiary/aromatic N) is 2. The van der Waals surface area contributed by atoms with E-state index in [0.717, 1.165) is 30.0 Å². The second kappa shape index (κ2) is 8.23. The van der Waals surface area contributed by atoms with Crippen molar-refractivity contribution in [3.63, 3.8) is 0 Å². The molecule has 2 aromatic rings. The van der Waals surface area contributed by atoms with E-state index in [1.807, 2.05) is 48.5 Å². The van der Waals surface area contributed by atoms with Crippen molar-refractivity contribution in [2.45, 2.75) is 25.8 Å². The van der Waals surface area contributed by atoms with Crippen molar-refractivity contribution in [2.75, 3.05) is 29.9 Å². The standard InChI is InChI=1S/C22H24ClN3O2/c23-18-8-2-1-7-16(18)14-26-15-17(13-21(26)27)22(28)24-19-9-3-4-10-20(19)25-11-5-6-12-25/h1-4,7-10,17H,5-6,11-15H2,(H,24,28)/t17-/m1/s1. The predicted octanol–water partition coefficient (Wildman–Crippen LogP) is 3.93. The molecule has 2 saturated heterocycles. The van der Waals surface area contributed by atoms with Gasteiger partial charge in [0.1, 0.15) is 0 Å². The van der Waals surface area contributed by atoms with Crippen molar-refractivity contribution in [3.8, 4) is 0 Å². The fraction of sp³-hybridized carbons (Fsp3) is 0.364. The molecule has 0 aromatic heterocycles. The summed E-state index contributed by atoms with van der Waals surface area (Å²) in [5, 5.41) is 3.70. The number of carbonyl (C=O) groups excluding carboxylic acids is 2. The molecule has 2 aliphatic rings. The summed E-state index contributed by atoms with van der Waals surface area (Å²) in [6.45, 7) is 2.88. The maximum atomic E-state index is 12.9. The summed E-state index contributed by atoms with van der Waals surface area (Å²) in [6.07, 6.45) is 2.59. The van der Waals surface area contributed by atoms with E-state index in [9.17, 15) is 9.59 Å². The van der Waals surface area contributed by atoms with Gasteiger partial charge in [-0.3, -0.25) is 9.59 Å². The Bertz CT molecular complexity index is 880. The van der Waals surface area contributed by atoms with E-state index in [4.69, 9.17) is 11.6 Å². The van der Waals surface area contributed by atoms with Crippen LogP contribution in [0.15, 0.2) is 48.5 Å². The lowest BCUT2D eigenvalue weighted by Gasteiger charge is -2.22. The van der Waals surface area contributed by atoms with Gasteiger partial charge in [0.2, 0.25) is 11.8 Å². The summed E-state index contributed by atoms with van der Waals surface area (Å²) < 4.78 is 0. The average molecular weight is 398 g/mol. The van der Waals surface area contributed by atoms with Gasteiger partial charge in [0, 0.05) is 37.6 Å². The molecule has 146 valence electrons. The number of para-hydroxylation sites is 2. The lowest BCUT2D eigenvalue weighted by atomic mass is 10.1. The lowest BCUT2D eigenvalue weighted by molar-refractivity contribution is -0.128. The van der Waals surface area contributed by atoms with Gasteiger partial charge >= 0.3 is 0 Å². The average Bonchev–Trinajstić information content (AvgIpc) is 3.35. The smallest absolute Gasteiger partial charge is 0.229 e. The minimum Gasteiger partial charge on any atom is -0.370 e. The van der Waals surface area contributed by atoms with Crippen LogP contribution in [-0.2, 0) is 16.1 Å². The van der Waals surface area contributed by atoms with E-state index in [1.165, 1.54) is 12.8 Å². The first-order valence-electron chi connectivity index (χ1n) is 9.78. The van der Waals surface area contributed by atoms with Crippen molar-refractivity contribution in [1.82, 2.24) is 4.90 Å². The van der Waals surface area contributed by atoms with Crippen LogP contribution in [0.5, 0.6) is 0 Å². The van der Waals surface area contributed by atoms with Crippen LogP contribution in [0.1, 0.15) is 24.8 Å². The van der Waals surface area contributed by atoms with Gasteiger partial charge in [0.25, 0.3) is 0 Å². The van der Waals surface area contributed by atoms with Gasteiger partial charge in [0.05, 0.1) is 17.3 Å². The van der Waals surface area contributed by atoms with Crippen molar-refractivity contribution < 1.29 is 9.59 Å². The number of nitrogens with one attached hydrogen (secondary N) is 1. The van der Waals surface area contributed by atoms with Crippen LogP contribution in [0.4, 0.5) is 11.4 Å². The normalized spacial score (nSPS) is 19.3. The molecule has 1 atom stereocenters. The van der Waals surface area contributed by atoms with Gasteiger partial charge in [-0.05, 0) is 36.6 Å². The molecule has 0 aliphatic carbocycles. The molecule has 2 aliphatic heterocycles. The molecule has 28 heavy (non-hydrogen) atoms. The Morgan fingerprint density at radius 3 is 2.57 bits per heavy atom. The molecule has 2 amide bonds. The molecular weight excluding hydrogens is 374 g/mol. The first-order chi connectivity index (χ1) is 13.6. The van der Waals surface area contributed by atoms with Gasteiger partial charge < -0.3 is 15.1 Å². The Balaban J connectivity index is 1.42. The highest BCUT2D eigenvalue weighted by molar-refractivity contribution is 6.31. The lowest BCUT2D eigenvalue weighted by Crippen LogP contribution is -2.28. The molecule has 2 aromatic carbocycles. The van der Waals surface area contributed by atoms with E-state index in [-0.39, 0.29) is 24.2 Å². The predicted molar refractivity (Wildman–Crippen MR) is 111 cm³/mol. The number of hydrogen-bond donors (Lipinski definition) is 1. The van der Waals surface area contributed by atoms with Gasteiger partial charge in [0.15, 0.2) is 0 Å². The molecule has 0 unspecified atom stereocenters. The maximum Gasteiger partial charge on any atom is 0.229 e. The van der Waals surface area contributed by atoms with Crippen LogP contribution < -0.4 is 10.2 Å². The van der Waals surface area contributed by atoms with Gasteiger partial charge in [-0.1, -0.05) is 41.9 Å². The fourth-order valence-electron chi connectivity index (χ4n) is 3.98. The highest BCUT2D eigenvalue weighted by Gasteiger charge is 2.34. The van der Waals surface area contributed by atoms with E-state index in [1.54, 1.807) is 4.90 Å². The fourth-order valence-corrected chi connectivity index (χ4v) is 4.18. The van der Waals surface area contributed by atoms with Crippen molar-refractivity contribution in [2.24, 2.45) is 5.92 Å². The van der Waals surface area contributed by atoms with Crippen LogP contribution in [0.3, 0.4) is 0 Å². The molecule has 5 nitrogen and oxygen atoms in total. The SMILES string of the molecule is O=C(Nc1ccccc1N1CCCC1)[C@@H]1CC(=O)N(Cc2ccccc2Cl)C1. The van der Waals surface area contributed by atoms with Crippen molar-refractivity contribution >= 4 is 34.8 Å². The number of likely N-dealkylation sites (tertiary alicyclic amines) is 1. The Hall–Kier alpha value is -2.53. The zero-order chi connectivity index (χ0) is 19.5. The van der Waals surface area contributed by atoms with E-state index >= 15 is 0 Å². The highest BCUT2D eigenvalue weighted by atomic mass is 35.5. The van der Waals surface area contributed by atoms with Crippen LogP contribution in [0.2, 0.25) is 5.02 Å². The van der Waals surface area contributed by atoms with Crippen LogP contribution in [-0.4, -0.2) is 36.3 Å².